The molecule has 1 aliphatic rings. The molecule has 36 heavy (non-hydrogen) atoms. The molecule has 2 unspecified atom stereocenters. The van der Waals surface area contributed by atoms with Gasteiger partial charge in [0.05, 0.1) is 14.1 Å². The number of nitrogens with zero attached hydrogens (tertiary/aromatic N) is 2. The Labute approximate surface area is 213 Å². The fraction of sp³-hybridized carbons (Fsp3) is 0.379. The Morgan fingerprint density at radius 3 is 2.64 bits per heavy atom. The van der Waals surface area contributed by atoms with Gasteiger partial charge in [0.25, 0.3) is 5.91 Å². The molecule has 4 rings (SSSR count). The van der Waals surface area contributed by atoms with Gasteiger partial charge in [0, 0.05) is 42.3 Å². The summed E-state index contributed by atoms with van der Waals surface area (Å²) in [6, 6.07) is 18.1. The van der Waals surface area contributed by atoms with Crippen molar-refractivity contribution in [2.45, 2.75) is 51.8 Å². The smallest absolute Gasteiger partial charge is 0.304 e. The summed E-state index contributed by atoms with van der Waals surface area (Å²) in [4.78, 5) is 28.2. The third kappa shape index (κ3) is 6.55. The summed E-state index contributed by atoms with van der Waals surface area (Å²) in [5, 5.41) is 9.01. The van der Waals surface area contributed by atoms with Gasteiger partial charge in [-0.05, 0) is 63.6 Å². The van der Waals surface area contributed by atoms with Crippen molar-refractivity contribution in [2.75, 3.05) is 19.6 Å². The zero-order valence-electron chi connectivity index (χ0n) is 21.8. The Balaban J connectivity index is 1.50. The van der Waals surface area contributed by atoms with Crippen LogP contribution in [0, 0.1) is 0 Å². The van der Waals surface area contributed by atoms with Crippen LogP contribution < -0.4 is 4.74 Å². The Morgan fingerprint density at radius 2 is 1.94 bits per heavy atom. The fourth-order valence-corrected chi connectivity index (χ4v) is 4.40. The van der Waals surface area contributed by atoms with Gasteiger partial charge in [-0.1, -0.05) is 30.3 Å². The molecule has 0 bridgehead atoms. The van der Waals surface area contributed by atoms with E-state index in [9.17, 15) is 9.59 Å². The molecule has 1 aliphatic heterocycles. The molecule has 2 aromatic carbocycles. The topological polar surface area (TPSA) is 83.2 Å². The lowest BCUT2D eigenvalue weighted by Crippen LogP contribution is -2.42. The highest BCUT2D eigenvalue weighted by molar-refractivity contribution is 5.94. The summed E-state index contributed by atoms with van der Waals surface area (Å²) >= 11 is 0. The van der Waals surface area contributed by atoms with Gasteiger partial charge in [-0.3, -0.25) is 14.5 Å². The Kier molecular flexibility index (Phi) is 7.98. The number of amides is 1. The third-order valence-corrected chi connectivity index (χ3v) is 6.32. The van der Waals surface area contributed by atoms with Crippen molar-refractivity contribution < 1.29 is 25.2 Å². The molecule has 2 atom stereocenters. The van der Waals surface area contributed by atoms with E-state index in [1.807, 2.05) is 62.4 Å². The standard InChI is InChI=1S/C29H34N2O5/c1-21(2)31(29(34)23-13-11-22(12-14-23)26-10-6-18-35-26)19-24-7-3-4-9-27(24)36-25-8-5-16-30(20-25)17-15-28(32)33/h3-4,6-7,9-14,18,21,25H,5,8,15-17,19-20H2,1-2H3,(H,32,33)/i19D. The van der Waals surface area contributed by atoms with Crippen LogP contribution in [0.15, 0.2) is 71.3 Å². The molecule has 0 radical (unpaired) electrons. The molecule has 1 amide bonds. The summed E-state index contributed by atoms with van der Waals surface area (Å²) < 4.78 is 20.9. The Morgan fingerprint density at radius 1 is 1.17 bits per heavy atom. The lowest BCUT2D eigenvalue weighted by atomic mass is 10.1. The first-order chi connectivity index (χ1) is 17.8. The minimum atomic E-state index is -0.958. The van der Waals surface area contributed by atoms with Crippen LogP contribution in [0.5, 0.6) is 5.75 Å². The number of piperidine rings is 1. The number of rotatable bonds is 10. The summed E-state index contributed by atoms with van der Waals surface area (Å²) in [7, 11) is 0. The molecule has 0 saturated carbocycles. The average molecular weight is 492 g/mol. The van der Waals surface area contributed by atoms with E-state index in [2.05, 4.69) is 4.90 Å². The van der Waals surface area contributed by atoms with E-state index in [0.29, 0.717) is 30.0 Å². The number of carbonyl (C=O) groups is 2. The average Bonchev–Trinajstić information content (AvgIpc) is 3.43. The van der Waals surface area contributed by atoms with E-state index in [-0.39, 0.29) is 24.5 Å². The molecule has 2 heterocycles. The van der Waals surface area contributed by atoms with E-state index in [1.54, 1.807) is 23.3 Å². The molecule has 1 fully saturated rings. The van der Waals surface area contributed by atoms with Crippen LogP contribution in [0.2, 0.25) is 0 Å². The normalized spacial score (nSPS) is 17.4. The molecule has 1 N–H and O–H groups in total. The van der Waals surface area contributed by atoms with Crippen LogP contribution in [-0.4, -0.2) is 58.6 Å². The summed E-state index contributed by atoms with van der Waals surface area (Å²) in [6.45, 7) is 4.83. The van der Waals surface area contributed by atoms with Crippen LogP contribution >= 0.6 is 0 Å². The van der Waals surface area contributed by atoms with Gasteiger partial charge < -0.3 is 19.2 Å². The second-order valence-electron chi connectivity index (χ2n) is 9.35. The monoisotopic (exact) mass is 491 g/mol. The van der Waals surface area contributed by atoms with Crippen molar-refractivity contribution in [1.29, 1.82) is 0 Å². The maximum Gasteiger partial charge on any atom is 0.304 e. The van der Waals surface area contributed by atoms with Gasteiger partial charge in [-0.15, -0.1) is 0 Å². The largest absolute Gasteiger partial charge is 0.489 e. The molecule has 3 aromatic rings. The van der Waals surface area contributed by atoms with Crippen molar-refractivity contribution in [1.82, 2.24) is 9.80 Å². The van der Waals surface area contributed by atoms with Crippen LogP contribution in [0.4, 0.5) is 0 Å². The molecule has 0 spiro atoms. The van der Waals surface area contributed by atoms with E-state index >= 15 is 0 Å². The minimum Gasteiger partial charge on any atom is -0.489 e. The predicted octanol–water partition coefficient (Wildman–Crippen LogP) is 5.32. The van der Waals surface area contributed by atoms with Crippen LogP contribution in [0.1, 0.15) is 50.4 Å². The van der Waals surface area contributed by atoms with E-state index in [0.717, 1.165) is 30.7 Å². The van der Waals surface area contributed by atoms with Crippen molar-refractivity contribution >= 4 is 11.9 Å². The lowest BCUT2D eigenvalue weighted by Gasteiger charge is -2.33. The summed E-state index contributed by atoms with van der Waals surface area (Å²) in [5.74, 6) is 0.278. The molecular weight excluding hydrogens is 456 g/mol. The first kappa shape index (κ1) is 24.1. The maximum absolute atomic E-state index is 13.6. The Hall–Kier alpha value is -3.58. The van der Waals surface area contributed by atoms with Gasteiger partial charge >= 0.3 is 5.97 Å². The first-order valence-electron chi connectivity index (χ1n) is 13.0. The number of hydrogen-bond donors (Lipinski definition) is 1. The molecular formula is C29H34N2O5. The minimum absolute atomic E-state index is 0.103. The second kappa shape index (κ2) is 11.9. The number of carbonyl (C=O) groups excluding carboxylic acids is 1. The number of benzene rings is 2. The van der Waals surface area contributed by atoms with Crippen LogP contribution in [0.25, 0.3) is 11.3 Å². The summed E-state index contributed by atoms with van der Waals surface area (Å²) in [6.07, 6.45) is 3.39. The summed E-state index contributed by atoms with van der Waals surface area (Å²) in [5.41, 5.74) is 2.00. The SMILES string of the molecule is [2H]C(c1ccccc1OC1CCCN(CCC(=O)O)C1)N(C(=O)c1ccc(-c2ccco2)cc1)C(C)C. The van der Waals surface area contributed by atoms with Crippen molar-refractivity contribution in [3.8, 4) is 17.1 Å². The highest BCUT2D eigenvalue weighted by Crippen LogP contribution is 2.26. The zero-order valence-corrected chi connectivity index (χ0v) is 20.8. The maximum atomic E-state index is 13.6. The van der Waals surface area contributed by atoms with Crippen molar-refractivity contribution in [3.05, 3.63) is 78.1 Å². The van der Waals surface area contributed by atoms with Crippen LogP contribution in [-0.2, 0) is 11.3 Å². The second-order valence-corrected chi connectivity index (χ2v) is 9.35. The predicted molar refractivity (Wildman–Crippen MR) is 138 cm³/mol. The molecule has 190 valence electrons. The molecule has 1 saturated heterocycles. The molecule has 7 heteroatoms. The van der Waals surface area contributed by atoms with E-state index in [4.69, 9.17) is 15.6 Å². The lowest BCUT2D eigenvalue weighted by molar-refractivity contribution is -0.137. The van der Waals surface area contributed by atoms with Crippen molar-refractivity contribution in [2.24, 2.45) is 0 Å². The number of ether oxygens (including phenoxy) is 1. The van der Waals surface area contributed by atoms with E-state index in [1.165, 1.54) is 0 Å². The highest BCUT2D eigenvalue weighted by atomic mass is 16.5. The highest BCUT2D eigenvalue weighted by Gasteiger charge is 2.24. The van der Waals surface area contributed by atoms with Gasteiger partial charge in [0.15, 0.2) is 0 Å². The molecule has 7 nitrogen and oxygen atoms in total. The first-order valence-corrected chi connectivity index (χ1v) is 12.4. The molecule has 1 aromatic heterocycles. The number of furan rings is 1. The van der Waals surface area contributed by atoms with E-state index < -0.39 is 12.5 Å². The quantitative estimate of drug-likeness (QED) is 0.414. The number of aliphatic carboxylic acids is 1. The number of hydrogen-bond acceptors (Lipinski definition) is 5. The van der Waals surface area contributed by atoms with Crippen molar-refractivity contribution in [3.63, 3.8) is 0 Å². The number of para-hydroxylation sites is 1. The Bertz CT molecular complexity index is 1180. The number of likely N-dealkylation sites (tertiary alicyclic amines) is 1. The third-order valence-electron chi connectivity index (χ3n) is 6.32. The van der Waals surface area contributed by atoms with Gasteiger partial charge in [0.2, 0.25) is 0 Å². The molecule has 0 aliphatic carbocycles. The number of carboxylic acid groups (broad SMARTS) is 1. The van der Waals surface area contributed by atoms with Gasteiger partial charge in [0.1, 0.15) is 17.6 Å². The number of carboxylic acids is 1. The van der Waals surface area contributed by atoms with Gasteiger partial charge in [-0.2, -0.15) is 0 Å². The van der Waals surface area contributed by atoms with Crippen LogP contribution in [0.3, 0.4) is 0 Å². The fourth-order valence-electron chi connectivity index (χ4n) is 4.40. The van der Waals surface area contributed by atoms with Gasteiger partial charge in [-0.25, -0.2) is 0 Å². The zero-order chi connectivity index (χ0) is 26.4.